The van der Waals surface area contributed by atoms with Gasteiger partial charge in [-0.25, -0.2) is 4.98 Å². The third kappa shape index (κ3) is 1.72. The maximum atomic E-state index is 5.98. The number of nitrogen functional groups attached to an aromatic ring is 1. The van der Waals surface area contributed by atoms with E-state index in [-0.39, 0.29) is 0 Å². The molecule has 0 saturated carbocycles. The van der Waals surface area contributed by atoms with E-state index in [1.54, 1.807) is 24.5 Å². The molecule has 0 unspecified atom stereocenters. The number of H-pyrrole nitrogens is 1. The molecule has 3 rings (SSSR count). The third-order valence-electron chi connectivity index (χ3n) is 2.56. The lowest BCUT2D eigenvalue weighted by Crippen LogP contribution is -1.87. The molecule has 0 fully saturated rings. The van der Waals surface area contributed by atoms with Crippen molar-refractivity contribution in [1.29, 1.82) is 0 Å². The molecule has 17 heavy (non-hydrogen) atoms. The first kappa shape index (κ1) is 10.1. The summed E-state index contributed by atoms with van der Waals surface area (Å²) in [6.07, 6.45) is 3.45. The molecular formula is C12H9ClN4. The smallest absolute Gasteiger partial charge is 0.138 e. The number of pyridine rings is 1. The summed E-state index contributed by atoms with van der Waals surface area (Å²) in [6.45, 7) is 0. The fraction of sp³-hybridized carbons (Fsp3) is 0. The number of imidazole rings is 1. The van der Waals surface area contributed by atoms with Gasteiger partial charge in [-0.1, -0.05) is 11.6 Å². The van der Waals surface area contributed by atoms with E-state index in [0.717, 1.165) is 22.4 Å². The highest BCUT2D eigenvalue weighted by Gasteiger charge is 2.06. The molecule has 1 aromatic carbocycles. The normalized spacial score (nSPS) is 10.9. The van der Waals surface area contributed by atoms with Crippen molar-refractivity contribution in [3.63, 3.8) is 0 Å². The Morgan fingerprint density at radius 2 is 2.12 bits per heavy atom. The van der Waals surface area contributed by atoms with Gasteiger partial charge in [0.2, 0.25) is 0 Å². The predicted octanol–water partition coefficient (Wildman–Crippen LogP) is 2.86. The van der Waals surface area contributed by atoms with E-state index in [1.165, 1.54) is 0 Å². The topological polar surface area (TPSA) is 67.6 Å². The lowest BCUT2D eigenvalue weighted by atomic mass is 10.2. The van der Waals surface area contributed by atoms with E-state index in [4.69, 9.17) is 17.3 Å². The summed E-state index contributed by atoms with van der Waals surface area (Å²) in [5, 5.41) is 0.529. The zero-order valence-corrected chi connectivity index (χ0v) is 9.57. The number of benzene rings is 1. The van der Waals surface area contributed by atoms with Gasteiger partial charge in [-0.2, -0.15) is 0 Å². The highest BCUT2D eigenvalue weighted by Crippen LogP contribution is 2.26. The lowest BCUT2D eigenvalue weighted by molar-refractivity contribution is 1.33. The molecular weight excluding hydrogens is 236 g/mol. The van der Waals surface area contributed by atoms with Crippen LogP contribution in [-0.4, -0.2) is 15.0 Å². The van der Waals surface area contributed by atoms with Crippen LogP contribution in [0.3, 0.4) is 0 Å². The second-order valence-electron chi connectivity index (χ2n) is 3.71. The van der Waals surface area contributed by atoms with Crippen LogP contribution in [0.2, 0.25) is 5.02 Å². The average molecular weight is 245 g/mol. The van der Waals surface area contributed by atoms with Crippen LogP contribution in [0.1, 0.15) is 0 Å². The van der Waals surface area contributed by atoms with Crippen LogP contribution in [0, 0.1) is 0 Å². The van der Waals surface area contributed by atoms with Gasteiger partial charge in [0.1, 0.15) is 5.82 Å². The van der Waals surface area contributed by atoms with Crippen molar-refractivity contribution < 1.29 is 0 Å². The minimum atomic E-state index is 0.529. The van der Waals surface area contributed by atoms with Crippen LogP contribution in [0.4, 0.5) is 5.69 Å². The van der Waals surface area contributed by atoms with Crippen molar-refractivity contribution in [2.45, 2.75) is 0 Å². The molecule has 2 heterocycles. The molecule has 2 aromatic heterocycles. The summed E-state index contributed by atoms with van der Waals surface area (Å²) in [5.41, 5.74) is 8.91. The van der Waals surface area contributed by atoms with Crippen LogP contribution in [0.15, 0.2) is 36.7 Å². The highest BCUT2D eigenvalue weighted by atomic mass is 35.5. The number of halogens is 1. The number of nitrogens with zero attached hydrogens (tertiary/aromatic N) is 2. The molecule has 3 aromatic rings. The molecule has 3 N–H and O–H groups in total. The van der Waals surface area contributed by atoms with E-state index >= 15 is 0 Å². The summed E-state index contributed by atoms with van der Waals surface area (Å²) in [6, 6.07) is 7.30. The first-order valence-electron chi connectivity index (χ1n) is 5.09. The van der Waals surface area contributed by atoms with Crippen molar-refractivity contribution in [3.8, 4) is 11.4 Å². The van der Waals surface area contributed by atoms with Crippen molar-refractivity contribution in [1.82, 2.24) is 15.0 Å². The first-order valence-corrected chi connectivity index (χ1v) is 5.47. The molecule has 0 aliphatic carbocycles. The van der Waals surface area contributed by atoms with Crippen molar-refractivity contribution in [3.05, 3.63) is 41.7 Å². The van der Waals surface area contributed by atoms with Gasteiger partial charge in [-0.3, -0.25) is 4.98 Å². The molecule has 0 aliphatic rings. The number of hydrogen-bond donors (Lipinski definition) is 2. The minimum Gasteiger partial charge on any atom is -0.398 e. The molecule has 4 nitrogen and oxygen atoms in total. The second kappa shape index (κ2) is 3.75. The molecule has 0 bridgehead atoms. The average Bonchev–Trinajstić information content (AvgIpc) is 2.76. The molecule has 84 valence electrons. The summed E-state index contributed by atoms with van der Waals surface area (Å²) in [4.78, 5) is 11.7. The minimum absolute atomic E-state index is 0.529. The van der Waals surface area contributed by atoms with Crippen LogP contribution in [-0.2, 0) is 0 Å². The fourth-order valence-corrected chi connectivity index (χ4v) is 1.85. The Kier molecular flexibility index (Phi) is 2.23. The molecule has 0 saturated heterocycles. The Morgan fingerprint density at radius 3 is 2.88 bits per heavy atom. The fourth-order valence-electron chi connectivity index (χ4n) is 1.67. The van der Waals surface area contributed by atoms with Gasteiger partial charge in [0, 0.05) is 11.8 Å². The third-order valence-corrected chi connectivity index (χ3v) is 2.88. The Bertz CT molecular complexity index is 657. The Balaban J connectivity index is 2.17. The Morgan fingerprint density at radius 1 is 1.24 bits per heavy atom. The predicted molar refractivity (Wildman–Crippen MR) is 68.7 cm³/mol. The van der Waals surface area contributed by atoms with E-state index in [2.05, 4.69) is 15.0 Å². The van der Waals surface area contributed by atoms with Crippen LogP contribution >= 0.6 is 11.6 Å². The number of nitrogens with one attached hydrogen (secondary N) is 1. The van der Waals surface area contributed by atoms with Gasteiger partial charge >= 0.3 is 0 Å². The first-order chi connectivity index (χ1) is 8.24. The van der Waals surface area contributed by atoms with Gasteiger partial charge in [-0.05, 0) is 24.3 Å². The second-order valence-corrected chi connectivity index (χ2v) is 4.12. The van der Waals surface area contributed by atoms with Crippen molar-refractivity contribution >= 4 is 28.3 Å². The summed E-state index contributed by atoms with van der Waals surface area (Å²) >= 11 is 5.98. The van der Waals surface area contributed by atoms with E-state index in [9.17, 15) is 0 Å². The monoisotopic (exact) mass is 244 g/mol. The van der Waals surface area contributed by atoms with E-state index < -0.39 is 0 Å². The number of nitrogens with two attached hydrogens (primary N) is 1. The Labute approximate surface area is 102 Å². The highest BCUT2D eigenvalue weighted by molar-refractivity contribution is 6.33. The van der Waals surface area contributed by atoms with Crippen molar-refractivity contribution in [2.24, 2.45) is 0 Å². The number of fused-ring (bicyclic) bond motifs is 1. The van der Waals surface area contributed by atoms with Crippen LogP contribution < -0.4 is 5.73 Å². The molecule has 0 spiro atoms. The van der Waals surface area contributed by atoms with Gasteiger partial charge < -0.3 is 10.7 Å². The van der Waals surface area contributed by atoms with Crippen molar-refractivity contribution in [2.75, 3.05) is 5.73 Å². The molecule has 0 radical (unpaired) electrons. The summed E-state index contributed by atoms with van der Waals surface area (Å²) in [5.74, 6) is 0.759. The molecule has 0 amide bonds. The Hall–Kier alpha value is -2.07. The zero-order valence-electron chi connectivity index (χ0n) is 8.81. The van der Waals surface area contributed by atoms with Gasteiger partial charge in [0.15, 0.2) is 0 Å². The van der Waals surface area contributed by atoms with E-state index in [0.29, 0.717) is 10.7 Å². The van der Waals surface area contributed by atoms with Gasteiger partial charge in [-0.15, -0.1) is 0 Å². The number of hydrogen-bond acceptors (Lipinski definition) is 3. The number of rotatable bonds is 1. The summed E-state index contributed by atoms with van der Waals surface area (Å²) in [7, 11) is 0. The molecule has 0 aliphatic heterocycles. The largest absolute Gasteiger partial charge is 0.398 e. The lowest BCUT2D eigenvalue weighted by Gasteiger charge is -2.00. The maximum Gasteiger partial charge on any atom is 0.138 e. The molecule has 0 atom stereocenters. The maximum absolute atomic E-state index is 5.98. The van der Waals surface area contributed by atoms with Gasteiger partial charge in [0.25, 0.3) is 0 Å². The summed E-state index contributed by atoms with van der Waals surface area (Å²) < 4.78 is 0. The van der Waals surface area contributed by atoms with Crippen LogP contribution in [0.25, 0.3) is 22.4 Å². The van der Waals surface area contributed by atoms with Crippen LogP contribution in [0.5, 0.6) is 0 Å². The van der Waals surface area contributed by atoms with E-state index in [1.807, 2.05) is 12.1 Å². The zero-order chi connectivity index (χ0) is 11.8. The number of aromatic nitrogens is 3. The molecule has 5 heteroatoms. The van der Waals surface area contributed by atoms with Gasteiger partial charge in [0.05, 0.1) is 27.9 Å². The standard InChI is InChI=1S/C12H9ClN4/c13-8-5-7(1-2-9(8)14)12-16-10-3-4-15-6-11(10)17-12/h1-6H,14H2,(H,16,17). The SMILES string of the molecule is Nc1ccc(-c2nc3ccncc3[nH]2)cc1Cl. The number of aromatic amines is 1. The quantitative estimate of drug-likeness (QED) is 0.647. The number of anilines is 1.